The molecular weight excluding hydrogens is 361 g/mol. The van der Waals surface area contributed by atoms with Crippen LogP contribution in [0.4, 0.5) is 25.8 Å². The van der Waals surface area contributed by atoms with Crippen LogP contribution in [0.15, 0.2) is 28.7 Å². The van der Waals surface area contributed by atoms with Gasteiger partial charge in [0.1, 0.15) is 11.6 Å². The molecule has 0 bridgehead atoms. The van der Waals surface area contributed by atoms with Gasteiger partial charge in [0.15, 0.2) is 0 Å². The molecule has 2 aromatic rings. The quantitative estimate of drug-likeness (QED) is 0.701. The molecule has 19 heavy (non-hydrogen) atoms. The highest BCUT2D eigenvalue weighted by molar-refractivity contribution is 9.10. The fourth-order valence-electron chi connectivity index (χ4n) is 1.47. The molecule has 0 aliphatic carbocycles. The normalized spacial score (nSPS) is 10.6. The molecule has 0 saturated heterocycles. The van der Waals surface area contributed by atoms with Crippen LogP contribution in [0.1, 0.15) is 0 Å². The molecule has 0 saturated carbocycles. The maximum absolute atomic E-state index is 13.2. The molecule has 100 valence electrons. The minimum absolute atomic E-state index is 0.0777. The van der Waals surface area contributed by atoms with Gasteiger partial charge in [0.2, 0.25) is 0 Å². The fraction of sp³-hybridized carbons (Fsp3) is 0. The summed E-state index contributed by atoms with van der Waals surface area (Å²) < 4.78 is 26.7. The molecule has 0 atom stereocenters. The van der Waals surface area contributed by atoms with Crippen LogP contribution in [0, 0.1) is 11.6 Å². The van der Waals surface area contributed by atoms with Crippen molar-refractivity contribution in [3.63, 3.8) is 0 Å². The minimum atomic E-state index is -0.617. The van der Waals surface area contributed by atoms with Crippen molar-refractivity contribution in [1.29, 1.82) is 0 Å². The van der Waals surface area contributed by atoms with Gasteiger partial charge >= 0.3 is 0 Å². The molecule has 7 heteroatoms. The first-order valence-electron chi connectivity index (χ1n) is 5.04. The van der Waals surface area contributed by atoms with E-state index in [1.54, 1.807) is 0 Å². The number of hydrogen-bond donors (Lipinski definition) is 2. The van der Waals surface area contributed by atoms with Crippen LogP contribution in [-0.4, -0.2) is 0 Å². The van der Waals surface area contributed by atoms with Crippen LogP contribution < -0.4 is 11.1 Å². The SMILES string of the molecule is Nc1cc(F)c(Cl)cc1Nc1c(Cl)cc(F)cc1Br. The molecule has 2 nitrogen and oxygen atoms in total. The molecule has 0 fully saturated rings. The van der Waals surface area contributed by atoms with Gasteiger partial charge in [0.05, 0.1) is 27.1 Å². The van der Waals surface area contributed by atoms with Crippen LogP contribution in [0.5, 0.6) is 0 Å². The van der Waals surface area contributed by atoms with Crippen molar-refractivity contribution >= 4 is 56.2 Å². The Hall–Kier alpha value is -1.04. The van der Waals surface area contributed by atoms with E-state index >= 15 is 0 Å². The molecule has 0 spiro atoms. The number of nitrogens with one attached hydrogen (secondary N) is 1. The predicted octanol–water partition coefficient (Wildman–Crippen LogP) is 5.36. The van der Waals surface area contributed by atoms with E-state index in [9.17, 15) is 8.78 Å². The second-order valence-corrected chi connectivity index (χ2v) is 5.39. The van der Waals surface area contributed by atoms with E-state index in [4.69, 9.17) is 28.9 Å². The third kappa shape index (κ3) is 3.11. The van der Waals surface area contributed by atoms with Crippen LogP contribution in [0.2, 0.25) is 10.0 Å². The summed E-state index contributed by atoms with van der Waals surface area (Å²) in [4.78, 5) is 0. The van der Waals surface area contributed by atoms with Crippen LogP contribution >= 0.6 is 39.1 Å². The third-order valence-corrected chi connectivity index (χ3v) is 3.57. The first-order chi connectivity index (χ1) is 8.88. The summed E-state index contributed by atoms with van der Waals surface area (Å²) in [5.41, 5.74) is 6.63. The van der Waals surface area contributed by atoms with E-state index < -0.39 is 11.6 Å². The summed E-state index contributed by atoms with van der Waals surface area (Å²) in [6.07, 6.45) is 0. The zero-order chi connectivity index (χ0) is 14.2. The summed E-state index contributed by atoms with van der Waals surface area (Å²) in [6.45, 7) is 0. The predicted molar refractivity (Wildman–Crippen MR) is 78.2 cm³/mol. The van der Waals surface area contributed by atoms with Gasteiger partial charge < -0.3 is 11.1 Å². The Morgan fingerprint density at radius 2 is 1.74 bits per heavy atom. The highest BCUT2D eigenvalue weighted by Gasteiger charge is 2.12. The Balaban J connectivity index is 2.45. The van der Waals surface area contributed by atoms with E-state index in [1.807, 2.05) is 0 Å². The first kappa shape index (κ1) is 14.4. The van der Waals surface area contributed by atoms with Crippen molar-refractivity contribution in [3.8, 4) is 0 Å². The number of nitrogen functional groups attached to an aromatic ring is 1. The van der Waals surface area contributed by atoms with Gasteiger partial charge in [0.25, 0.3) is 0 Å². The van der Waals surface area contributed by atoms with Gasteiger partial charge in [-0.15, -0.1) is 0 Å². The zero-order valence-electron chi connectivity index (χ0n) is 9.28. The summed E-state index contributed by atoms with van der Waals surface area (Å²) in [7, 11) is 0. The van der Waals surface area contributed by atoms with E-state index in [0.717, 1.165) is 12.1 Å². The van der Waals surface area contributed by atoms with Gasteiger partial charge in [-0.3, -0.25) is 0 Å². The van der Waals surface area contributed by atoms with Crippen molar-refractivity contribution in [1.82, 2.24) is 0 Å². The molecule has 0 radical (unpaired) electrons. The Morgan fingerprint density at radius 1 is 1.05 bits per heavy atom. The number of benzene rings is 2. The van der Waals surface area contributed by atoms with Crippen molar-refractivity contribution in [3.05, 3.63) is 50.4 Å². The lowest BCUT2D eigenvalue weighted by atomic mass is 10.2. The van der Waals surface area contributed by atoms with Gasteiger partial charge in [-0.2, -0.15) is 0 Å². The standard InChI is InChI=1S/C12H7BrCl2F2N2/c13-6-1-5(16)2-8(15)12(6)19-11-3-7(14)9(17)4-10(11)18/h1-4,19H,18H2. The van der Waals surface area contributed by atoms with Gasteiger partial charge in [-0.05, 0) is 34.1 Å². The molecule has 2 rings (SSSR count). The Labute approximate surface area is 126 Å². The fourth-order valence-corrected chi connectivity index (χ4v) is 2.53. The highest BCUT2D eigenvalue weighted by atomic mass is 79.9. The van der Waals surface area contributed by atoms with Crippen LogP contribution in [-0.2, 0) is 0 Å². The van der Waals surface area contributed by atoms with E-state index in [2.05, 4.69) is 21.2 Å². The second-order valence-electron chi connectivity index (χ2n) is 3.72. The maximum Gasteiger partial charge on any atom is 0.143 e. The zero-order valence-corrected chi connectivity index (χ0v) is 12.4. The van der Waals surface area contributed by atoms with E-state index in [-0.39, 0.29) is 15.7 Å². The molecule has 0 amide bonds. The van der Waals surface area contributed by atoms with Crippen molar-refractivity contribution in [2.24, 2.45) is 0 Å². The van der Waals surface area contributed by atoms with Crippen LogP contribution in [0.3, 0.4) is 0 Å². The second kappa shape index (κ2) is 5.53. The lowest BCUT2D eigenvalue weighted by molar-refractivity contribution is 0.627. The molecule has 0 aromatic heterocycles. The number of anilines is 3. The van der Waals surface area contributed by atoms with Crippen molar-refractivity contribution in [2.45, 2.75) is 0 Å². The average Bonchev–Trinajstić information content (AvgIpc) is 2.29. The highest BCUT2D eigenvalue weighted by Crippen LogP contribution is 2.36. The minimum Gasteiger partial charge on any atom is -0.397 e. The smallest absolute Gasteiger partial charge is 0.143 e. The number of hydrogen-bond acceptors (Lipinski definition) is 2. The molecule has 0 unspecified atom stereocenters. The topological polar surface area (TPSA) is 38.0 Å². The van der Waals surface area contributed by atoms with E-state index in [0.29, 0.717) is 15.8 Å². The monoisotopic (exact) mass is 366 g/mol. The average molecular weight is 368 g/mol. The van der Waals surface area contributed by atoms with Gasteiger partial charge in [0, 0.05) is 10.5 Å². The summed E-state index contributed by atoms with van der Waals surface area (Å²) >= 11 is 14.8. The Kier molecular flexibility index (Phi) is 4.18. The molecule has 0 aliphatic rings. The lowest BCUT2D eigenvalue weighted by Crippen LogP contribution is -1.99. The molecule has 0 aliphatic heterocycles. The van der Waals surface area contributed by atoms with Gasteiger partial charge in [-0.25, -0.2) is 8.78 Å². The van der Waals surface area contributed by atoms with Crippen molar-refractivity contribution < 1.29 is 8.78 Å². The first-order valence-corrected chi connectivity index (χ1v) is 6.59. The largest absolute Gasteiger partial charge is 0.397 e. The number of nitrogens with two attached hydrogens (primary N) is 1. The Morgan fingerprint density at radius 3 is 2.37 bits per heavy atom. The van der Waals surface area contributed by atoms with E-state index in [1.165, 1.54) is 12.1 Å². The third-order valence-electron chi connectivity index (χ3n) is 2.36. The molecular formula is C12H7BrCl2F2N2. The maximum atomic E-state index is 13.2. The summed E-state index contributed by atoms with van der Waals surface area (Å²) in [5, 5.41) is 2.96. The van der Waals surface area contributed by atoms with Crippen molar-refractivity contribution in [2.75, 3.05) is 11.1 Å². The van der Waals surface area contributed by atoms with Gasteiger partial charge in [-0.1, -0.05) is 23.2 Å². The number of halogens is 5. The lowest BCUT2D eigenvalue weighted by Gasteiger charge is -2.13. The van der Waals surface area contributed by atoms with Crippen LogP contribution in [0.25, 0.3) is 0 Å². The number of rotatable bonds is 2. The summed E-state index contributed by atoms with van der Waals surface area (Å²) in [5.74, 6) is -1.10. The molecule has 2 aromatic carbocycles. The molecule has 0 heterocycles. The summed E-state index contributed by atoms with van der Waals surface area (Å²) in [6, 6.07) is 4.82. The molecule has 3 N–H and O–H groups in total. The Bertz CT molecular complexity index is 627.